The normalized spacial score (nSPS) is 11.3. The van der Waals surface area contributed by atoms with E-state index in [1.54, 1.807) is 6.07 Å². The van der Waals surface area contributed by atoms with E-state index in [0.29, 0.717) is 5.69 Å². The Balaban J connectivity index is 3.01. The number of hydrogen-bond acceptors (Lipinski definition) is 4. The predicted molar refractivity (Wildman–Crippen MR) is 74.7 cm³/mol. The second-order valence-electron chi connectivity index (χ2n) is 4.49. The molecular formula is C13H21N3O2. The van der Waals surface area contributed by atoms with Crippen LogP contribution < -0.4 is 11.1 Å². The first-order valence-corrected chi connectivity index (χ1v) is 6.30. The van der Waals surface area contributed by atoms with E-state index in [-0.39, 0.29) is 11.2 Å². The second-order valence-corrected chi connectivity index (χ2v) is 4.49. The number of rotatable bonds is 6. The van der Waals surface area contributed by atoms with Crippen LogP contribution in [0.2, 0.25) is 0 Å². The molecule has 0 amide bonds. The molecule has 0 bridgehead atoms. The lowest BCUT2D eigenvalue weighted by atomic mass is 9.89. The third kappa shape index (κ3) is 2.91. The molecule has 5 heteroatoms. The zero-order valence-electron chi connectivity index (χ0n) is 11.2. The number of nitrogens with two attached hydrogens (primary N) is 1. The fraction of sp³-hybridized carbons (Fsp3) is 0.538. The van der Waals surface area contributed by atoms with Gasteiger partial charge in [0.25, 0.3) is 5.69 Å². The summed E-state index contributed by atoms with van der Waals surface area (Å²) in [6.07, 6.45) is 2.95. The Kier molecular flexibility index (Phi) is 4.53. The van der Waals surface area contributed by atoms with Gasteiger partial charge in [0.15, 0.2) is 0 Å². The third-order valence-corrected chi connectivity index (χ3v) is 3.68. The van der Waals surface area contributed by atoms with Gasteiger partial charge in [-0.05, 0) is 25.3 Å². The van der Waals surface area contributed by atoms with Crippen LogP contribution in [0.15, 0.2) is 18.2 Å². The summed E-state index contributed by atoms with van der Waals surface area (Å²) in [6, 6.07) is 4.56. The van der Waals surface area contributed by atoms with Crippen LogP contribution in [0.4, 0.5) is 17.1 Å². The van der Waals surface area contributed by atoms with E-state index in [1.165, 1.54) is 12.1 Å². The minimum Gasteiger partial charge on any atom is -0.397 e. The minimum atomic E-state index is -0.438. The highest BCUT2D eigenvalue weighted by Gasteiger charge is 2.24. The van der Waals surface area contributed by atoms with Crippen molar-refractivity contribution >= 4 is 17.1 Å². The predicted octanol–water partition coefficient (Wildman–Crippen LogP) is 3.56. The Morgan fingerprint density at radius 2 is 1.83 bits per heavy atom. The molecule has 0 aliphatic rings. The van der Waals surface area contributed by atoms with Crippen molar-refractivity contribution in [2.24, 2.45) is 0 Å². The zero-order chi connectivity index (χ0) is 13.8. The van der Waals surface area contributed by atoms with Crippen LogP contribution in [-0.2, 0) is 0 Å². The highest BCUT2D eigenvalue weighted by atomic mass is 16.6. The summed E-state index contributed by atoms with van der Waals surface area (Å²) in [4.78, 5) is 10.2. The van der Waals surface area contributed by atoms with Gasteiger partial charge in [-0.2, -0.15) is 0 Å². The third-order valence-electron chi connectivity index (χ3n) is 3.68. The first-order valence-electron chi connectivity index (χ1n) is 6.30. The smallest absolute Gasteiger partial charge is 0.271 e. The number of nitro benzene ring substituents is 1. The Morgan fingerprint density at radius 3 is 2.22 bits per heavy atom. The average Bonchev–Trinajstić information content (AvgIpc) is 2.38. The van der Waals surface area contributed by atoms with Crippen LogP contribution in [0.25, 0.3) is 0 Å². The highest BCUT2D eigenvalue weighted by molar-refractivity contribution is 5.70. The average molecular weight is 251 g/mol. The molecule has 1 rings (SSSR count). The van der Waals surface area contributed by atoms with E-state index >= 15 is 0 Å². The Bertz CT molecular complexity index is 420. The number of benzene rings is 1. The van der Waals surface area contributed by atoms with Gasteiger partial charge in [0.2, 0.25) is 0 Å². The zero-order valence-corrected chi connectivity index (χ0v) is 11.2. The molecule has 0 atom stereocenters. The molecule has 1 aromatic rings. The first kappa shape index (κ1) is 14.3. The van der Waals surface area contributed by atoms with Crippen molar-refractivity contribution in [1.29, 1.82) is 0 Å². The summed E-state index contributed by atoms with van der Waals surface area (Å²) < 4.78 is 0. The summed E-state index contributed by atoms with van der Waals surface area (Å²) in [5.74, 6) is 0. The molecule has 18 heavy (non-hydrogen) atoms. The van der Waals surface area contributed by atoms with Gasteiger partial charge < -0.3 is 11.1 Å². The number of nitrogens with one attached hydrogen (secondary N) is 1. The SMILES string of the molecule is CCC(CC)(CC)Nc1ccc([N+](=O)[O-])cc1N. The van der Waals surface area contributed by atoms with Crippen LogP contribution in [0.5, 0.6) is 0 Å². The monoisotopic (exact) mass is 251 g/mol. The second kappa shape index (κ2) is 5.71. The molecular weight excluding hydrogens is 230 g/mol. The molecule has 0 fully saturated rings. The van der Waals surface area contributed by atoms with Gasteiger partial charge in [-0.25, -0.2) is 0 Å². The maximum Gasteiger partial charge on any atom is 0.271 e. The van der Waals surface area contributed by atoms with Gasteiger partial charge in [-0.1, -0.05) is 20.8 Å². The van der Waals surface area contributed by atoms with Crippen molar-refractivity contribution in [3.8, 4) is 0 Å². The van der Waals surface area contributed by atoms with Gasteiger partial charge in [0.05, 0.1) is 16.3 Å². The molecule has 0 heterocycles. The summed E-state index contributed by atoms with van der Waals surface area (Å²) in [5, 5.41) is 14.1. The van der Waals surface area contributed by atoms with Crippen LogP contribution >= 0.6 is 0 Å². The molecule has 0 aromatic heterocycles. The summed E-state index contributed by atoms with van der Waals surface area (Å²) in [5.41, 5.74) is 7.08. The molecule has 0 saturated carbocycles. The van der Waals surface area contributed by atoms with Crippen LogP contribution in [0, 0.1) is 10.1 Å². The molecule has 0 saturated heterocycles. The quantitative estimate of drug-likeness (QED) is 0.460. The number of nitro groups is 1. The van der Waals surface area contributed by atoms with Gasteiger partial charge in [0, 0.05) is 17.7 Å². The maximum absolute atomic E-state index is 10.6. The topological polar surface area (TPSA) is 81.2 Å². The number of hydrogen-bond donors (Lipinski definition) is 2. The lowest BCUT2D eigenvalue weighted by Crippen LogP contribution is -2.36. The van der Waals surface area contributed by atoms with Crippen LogP contribution in [-0.4, -0.2) is 10.5 Å². The molecule has 0 aliphatic carbocycles. The van der Waals surface area contributed by atoms with Crippen molar-refractivity contribution in [3.63, 3.8) is 0 Å². The number of nitrogen functional groups attached to an aromatic ring is 1. The molecule has 0 radical (unpaired) electrons. The maximum atomic E-state index is 10.6. The molecule has 0 aliphatic heterocycles. The van der Waals surface area contributed by atoms with Crippen molar-refractivity contribution in [2.45, 2.75) is 45.6 Å². The lowest BCUT2D eigenvalue weighted by molar-refractivity contribution is -0.384. The number of nitrogens with zero attached hydrogens (tertiary/aromatic N) is 1. The van der Waals surface area contributed by atoms with Gasteiger partial charge in [0.1, 0.15) is 0 Å². The Hall–Kier alpha value is -1.78. The van der Waals surface area contributed by atoms with E-state index in [0.717, 1.165) is 24.9 Å². The standard InChI is InChI=1S/C13H21N3O2/c1-4-13(5-2,6-3)15-12-8-7-10(16(17)18)9-11(12)14/h7-9,15H,4-6,14H2,1-3H3. The highest BCUT2D eigenvalue weighted by Crippen LogP contribution is 2.30. The van der Waals surface area contributed by atoms with E-state index in [2.05, 4.69) is 26.1 Å². The van der Waals surface area contributed by atoms with Gasteiger partial charge in [-0.15, -0.1) is 0 Å². The number of anilines is 2. The molecule has 100 valence electrons. The molecule has 1 aromatic carbocycles. The van der Waals surface area contributed by atoms with E-state index in [1.807, 2.05) is 0 Å². The largest absolute Gasteiger partial charge is 0.397 e. The van der Waals surface area contributed by atoms with Crippen molar-refractivity contribution < 1.29 is 4.92 Å². The molecule has 0 spiro atoms. The fourth-order valence-electron chi connectivity index (χ4n) is 2.08. The van der Waals surface area contributed by atoms with E-state index in [9.17, 15) is 10.1 Å². The Labute approximate surface area is 108 Å². The van der Waals surface area contributed by atoms with Crippen molar-refractivity contribution in [1.82, 2.24) is 0 Å². The summed E-state index contributed by atoms with van der Waals surface area (Å²) in [7, 11) is 0. The van der Waals surface area contributed by atoms with Gasteiger partial charge in [-0.3, -0.25) is 10.1 Å². The fourth-order valence-corrected chi connectivity index (χ4v) is 2.08. The Morgan fingerprint density at radius 1 is 1.28 bits per heavy atom. The van der Waals surface area contributed by atoms with Crippen molar-refractivity contribution in [3.05, 3.63) is 28.3 Å². The van der Waals surface area contributed by atoms with E-state index < -0.39 is 4.92 Å². The van der Waals surface area contributed by atoms with Gasteiger partial charge >= 0.3 is 0 Å². The van der Waals surface area contributed by atoms with Crippen LogP contribution in [0.1, 0.15) is 40.0 Å². The minimum absolute atomic E-state index is 0.00422. The summed E-state index contributed by atoms with van der Waals surface area (Å²) >= 11 is 0. The van der Waals surface area contributed by atoms with Crippen LogP contribution in [0.3, 0.4) is 0 Å². The molecule has 5 nitrogen and oxygen atoms in total. The lowest BCUT2D eigenvalue weighted by Gasteiger charge is -2.33. The molecule has 0 unspecified atom stereocenters. The van der Waals surface area contributed by atoms with E-state index in [4.69, 9.17) is 5.73 Å². The summed E-state index contributed by atoms with van der Waals surface area (Å²) in [6.45, 7) is 6.38. The molecule has 3 N–H and O–H groups in total. The first-order chi connectivity index (χ1) is 8.48. The van der Waals surface area contributed by atoms with Crippen molar-refractivity contribution in [2.75, 3.05) is 11.1 Å². The number of non-ortho nitro benzene ring substituents is 1.